The number of furan rings is 1. The van der Waals surface area contributed by atoms with Gasteiger partial charge in [-0.25, -0.2) is 13.4 Å². The van der Waals surface area contributed by atoms with Gasteiger partial charge in [0.1, 0.15) is 10.6 Å². The number of aromatic nitrogens is 2. The Morgan fingerprint density at radius 3 is 2.97 bits per heavy atom. The van der Waals surface area contributed by atoms with Crippen LogP contribution in [0.3, 0.4) is 0 Å². The fourth-order valence-electron chi connectivity index (χ4n) is 3.34. The first-order chi connectivity index (χ1) is 14.3. The van der Waals surface area contributed by atoms with Crippen LogP contribution in [-0.2, 0) is 27.6 Å². The Morgan fingerprint density at radius 1 is 1.47 bits per heavy atom. The van der Waals surface area contributed by atoms with E-state index in [0.717, 1.165) is 23.1 Å². The summed E-state index contributed by atoms with van der Waals surface area (Å²) in [4.78, 5) is 31.8. The molecule has 1 aliphatic rings. The number of sulfone groups is 1. The molecule has 4 heterocycles. The van der Waals surface area contributed by atoms with Crippen LogP contribution in [0.15, 0.2) is 38.8 Å². The molecule has 8 nitrogen and oxygen atoms in total. The van der Waals surface area contributed by atoms with E-state index in [4.69, 9.17) is 4.42 Å². The van der Waals surface area contributed by atoms with Crippen molar-refractivity contribution in [3.05, 3.63) is 45.5 Å². The van der Waals surface area contributed by atoms with Gasteiger partial charge in [0.25, 0.3) is 5.56 Å². The molecule has 0 aliphatic carbocycles. The first-order valence-electron chi connectivity index (χ1n) is 9.53. The third-order valence-corrected chi connectivity index (χ3v) is 8.76. The Hall–Kier alpha value is -2.11. The molecule has 1 amide bonds. The van der Waals surface area contributed by atoms with Crippen molar-refractivity contribution < 1.29 is 17.6 Å². The third-order valence-electron chi connectivity index (χ3n) is 4.84. The highest BCUT2D eigenvalue weighted by Gasteiger charge is 2.29. The van der Waals surface area contributed by atoms with Crippen LogP contribution in [-0.4, -0.2) is 47.2 Å². The average Bonchev–Trinajstić information content (AvgIpc) is 3.42. The molecular formula is C19H21N3O5S3. The molecule has 3 aromatic rings. The van der Waals surface area contributed by atoms with Crippen molar-refractivity contribution in [1.29, 1.82) is 0 Å². The number of thiophene rings is 1. The summed E-state index contributed by atoms with van der Waals surface area (Å²) in [6.45, 7) is 2.24. The predicted molar refractivity (Wildman–Crippen MR) is 117 cm³/mol. The molecule has 11 heteroatoms. The fourth-order valence-corrected chi connectivity index (χ4v) is 6.83. The van der Waals surface area contributed by atoms with Gasteiger partial charge in [-0.3, -0.25) is 14.2 Å². The van der Waals surface area contributed by atoms with E-state index in [-0.39, 0.29) is 41.3 Å². The fraction of sp³-hybridized carbons (Fsp3) is 0.421. The van der Waals surface area contributed by atoms with Crippen molar-refractivity contribution in [3.63, 3.8) is 0 Å². The number of hydrogen-bond donors (Lipinski definition) is 1. The molecule has 3 aromatic heterocycles. The molecule has 0 saturated carbocycles. The molecule has 160 valence electrons. The van der Waals surface area contributed by atoms with Gasteiger partial charge in [0.05, 0.1) is 35.5 Å². The molecule has 1 N–H and O–H groups in total. The summed E-state index contributed by atoms with van der Waals surface area (Å²) < 4.78 is 30.1. The average molecular weight is 468 g/mol. The lowest BCUT2D eigenvalue weighted by Crippen LogP contribution is -2.36. The number of rotatable bonds is 7. The quantitative estimate of drug-likeness (QED) is 0.418. The van der Waals surface area contributed by atoms with Crippen molar-refractivity contribution in [2.24, 2.45) is 0 Å². The zero-order chi connectivity index (χ0) is 21.3. The molecular weight excluding hydrogens is 446 g/mol. The van der Waals surface area contributed by atoms with Crippen molar-refractivity contribution in [2.75, 3.05) is 17.3 Å². The highest BCUT2D eigenvalue weighted by molar-refractivity contribution is 7.99. The highest BCUT2D eigenvalue weighted by atomic mass is 32.2. The van der Waals surface area contributed by atoms with Crippen LogP contribution in [0.4, 0.5) is 0 Å². The summed E-state index contributed by atoms with van der Waals surface area (Å²) in [7, 11) is -3.06. The Kier molecular flexibility index (Phi) is 6.03. The lowest BCUT2D eigenvalue weighted by molar-refractivity contribution is -0.119. The van der Waals surface area contributed by atoms with Crippen molar-refractivity contribution >= 4 is 49.1 Å². The van der Waals surface area contributed by atoms with Gasteiger partial charge in [0, 0.05) is 10.9 Å². The summed E-state index contributed by atoms with van der Waals surface area (Å²) >= 11 is 2.64. The smallest absolute Gasteiger partial charge is 0.263 e. The molecule has 0 spiro atoms. The zero-order valence-electron chi connectivity index (χ0n) is 16.3. The third kappa shape index (κ3) is 4.62. The van der Waals surface area contributed by atoms with Crippen molar-refractivity contribution in [1.82, 2.24) is 14.9 Å². The van der Waals surface area contributed by atoms with Crippen molar-refractivity contribution in [2.45, 2.75) is 37.5 Å². The summed E-state index contributed by atoms with van der Waals surface area (Å²) in [5.41, 5.74) is -0.169. The maximum absolute atomic E-state index is 13.1. The lowest BCUT2D eigenvalue weighted by atomic mass is 10.3. The minimum Gasteiger partial charge on any atom is -0.467 e. The van der Waals surface area contributed by atoms with Gasteiger partial charge in [-0.1, -0.05) is 18.7 Å². The van der Waals surface area contributed by atoms with E-state index < -0.39 is 9.84 Å². The number of nitrogens with zero attached hydrogens (tertiary/aromatic N) is 2. The minimum absolute atomic E-state index is 0.0220. The Labute approximate surface area is 181 Å². The van der Waals surface area contributed by atoms with Crippen LogP contribution in [0.5, 0.6) is 0 Å². The number of amides is 1. The molecule has 1 saturated heterocycles. The zero-order valence-corrected chi connectivity index (χ0v) is 18.7. The van der Waals surface area contributed by atoms with E-state index >= 15 is 0 Å². The van der Waals surface area contributed by atoms with E-state index in [1.54, 1.807) is 18.4 Å². The molecule has 4 rings (SSSR count). The van der Waals surface area contributed by atoms with Gasteiger partial charge in [-0.05, 0) is 31.0 Å². The molecule has 30 heavy (non-hydrogen) atoms. The molecule has 1 aliphatic heterocycles. The Morgan fingerprint density at radius 2 is 2.30 bits per heavy atom. The number of hydrogen-bond acceptors (Lipinski definition) is 8. The normalized spacial score (nSPS) is 18.1. The maximum atomic E-state index is 13.1. The largest absolute Gasteiger partial charge is 0.467 e. The van der Waals surface area contributed by atoms with E-state index in [0.29, 0.717) is 27.6 Å². The van der Waals surface area contributed by atoms with Gasteiger partial charge in [-0.2, -0.15) is 0 Å². The van der Waals surface area contributed by atoms with Crippen LogP contribution < -0.4 is 10.9 Å². The summed E-state index contributed by atoms with van der Waals surface area (Å²) in [5, 5.41) is 3.76. The van der Waals surface area contributed by atoms with E-state index in [2.05, 4.69) is 10.3 Å². The van der Waals surface area contributed by atoms with Crippen LogP contribution in [0, 0.1) is 0 Å². The number of fused-ring (bicyclic) bond motifs is 1. The Balaban J connectivity index is 1.57. The predicted octanol–water partition coefficient (Wildman–Crippen LogP) is 2.06. The number of nitrogens with one attached hydrogen (secondary N) is 1. The van der Waals surface area contributed by atoms with Gasteiger partial charge < -0.3 is 9.73 Å². The van der Waals surface area contributed by atoms with Crippen LogP contribution in [0.25, 0.3) is 10.2 Å². The molecule has 0 aromatic carbocycles. The second kappa shape index (κ2) is 8.56. The van der Waals surface area contributed by atoms with Gasteiger partial charge in [0.15, 0.2) is 15.0 Å². The molecule has 0 unspecified atom stereocenters. The Bertz CT molecular complexity index is 1230. The number of thioether (sulfide) groups is 1. The summed E-state index contributed by atoms with van der Waals surface area (Å²) in [6, 6.07) is 5.05. The minimum atomic E-state index is -3.06. The van der Waals surface area contributed by atoms with Crippen LogP contribution in [0.2, 0.25) is 0 Å². The number of aryl methyl sites for hydroxylation is 1. The first-order valence-corrected chi connectivity index (χ1v) is 13.1. The van der Waals surface area contributed by atoms with E-state index in [1.807, 2.05) is 13.0 Å². The second-order valence-electron chi connectivity index (χ2n) is 7.11. The second-order valence-corrected chi connectivity index (χ2v) is 11.4. The number of carbonyl (C=O) groups is 1. The molecule has 1 fully saturated rings. The van der Waals surface area contributed by atoms with Crippen LogP contribution >= 0.6 is 23.1 Å². The van der Waals surface area contributed by atoms with Crippen LogP contribution in [0.1, 0.15) is 24.0 Å². The van der Waals surface area contributed by atoms with E-state index in [1.165, 1.54) is 15.9 Å². The van der Waals surface area contributed by atoms with Gasteiger partial charge in [0.2, 0.25) is 5.91 Å². The van der Waals surface area contributed by atoms with Gasteiger partial charge in [-0.15, -0.1) is 11.3 Å². The SMILES string of the molecule is CCc1cc2c(=O)n(Cc3ccco3)c(SCC(=O)N[C@@H]3CCS(=O)(=O)C3)nc2s1. The number of carbonyl (C=O) groups excluding carboxylic acids is 1. The van der Waals surface area contributed by atoms with Gasteiger partial charge >= 0.3 is 0 Å². The van der Waals surface area contributed by atoms with E-state index in [9.17, 15) is 18.0 Å². The molecule has 1 atom stereocenters. The lowest BCUT2D eigenvalue weighted by Gasteiger charge is -2.12. The van der Waals surface area contributed by atoms with Crippen molar-refractivity contribution in [3.8, 4) is 0 Å². The topological polar surface area (TPSA) is 111 Å². The maximum Gasteiger partial charge on any atom is 0.263 e. The molecule has 0 radical (unpaired) electrons. The molecule has 0 bridgehead atoms. The summed E-state index contributed by atoms with van der Waals surface area (Å²) in [5.74, 6) is 0.460. The monoisotopic (exact) mass is 467 g/mol. The first kappa shape index (κ1) is 21.1. The standard InChI is InChI=1S/C19H21N3O5S3/c1-2-14-8-15-17(29-14)21-19(22(18(15)24)9-13-4-3-6-27-13)28-10-16(23)20-12-5-7-30(25,26)11-12/h3-4,6,8,12H,2,5,7,9-11H2,1H3,(H,20,23)/t12-/m1/s1. The highest BCUT2D eigenvalue weighted by Crippen LogP contribution is 2.25. The summed E-state index contributed by atoms with van der Waals surface area (Å²) in [6.07, 6.45) is 2.79.